The Labute approximate surface area is 244 Å². The molecule has 1 saturated carbocycles. The number of hydrogen-bond acceptors (Lipinski definition) is 5. The van der Waals surface area contributed by atoms with Crippen molar-refractivity contribution in [3.05, 3.63) is 88.3 Å². The number of rotatable bonds is 8. The molecule has 5 aromatic rings. The molecule has 6 nitrogen and oxygen atoms in total. The van der Waals surface area contributed by atoms with Crippen molar-refractivity contribution in [3.8, 4) is 21.8 Å². The maximum Gasteiger partial charge on any atom is 0.138 e. The van der Waals surface area contributed by atoms with Crippen LogP contribution in [0.25, 0.3) is 51.1 Å². The number of nitrogens with one attached hydrogen (secondary N) is 3. The van der Waals surface area contributed by atoms with E-state index in [9.17, 15) is 0 Å². The second-order valence-corrected chi connectivity index (χ2v) is 12.4. The minimum atomic E-state index is 0.750. The summed E-state index contributed by atoms with van der Waals surface area (Å²) < 4.78 is 0. The average molecular weight is 561 g/mol. The van der Waals surface area contributed by atoms with Crippen LogP contribution in [-0.4, -0.2) is 25.1 Å². The van der Waals surface area contributed by atoms with Crippen molar-refractivity contribution in [2.75, 3.05) is 5.32 Å². The summed E-state index contributed by atoms with van der Waals surface area (Å²) in [7, 11) is 0. The molecule has 0 aromatic carbocycles. The van der Waals surface area contributed by atoms with Crippen LogP contribution in [0.5, 0.6) is 0 Å². The molecule has 1 aliphatic carbocycles. The lowest BCUT2D eigenvalue weighted by molar-refractivity contribution is 0.357. The lowest BCUT2D eigenvalue weighted by atomic mass is 9.86. The molecular weight excluding hydrogens is 524 g/mol. The molecule has 1 fully saturated rings. The van der Waals surface area contributed by atoms with Crippen LogP contribution in [0.15, 0.2) is 67.3 Å². The Morgan fingerprint density at radius 2 is 2.00 bits per heavy atom. The summed E-state index contributed by atoms with van der Waals surface area (Å²) in [5.74, 6) is 0.750. The molecule has 41 heavy (non-hydrogen) atoms. The topological polar surface area (TPSA) is 82.3 Å². The van der Waals surface area contributed by atoms with E-state index in [0.29, 0.717) is 0 Å². The van der Waals surface area contributed by atoms with Crippen molar-refractivity contribution < 1.29 is 0 Å². The van der Waals surface area contributed by atoms with Gasteiger partial charge in [-0.1, -0.05) is 51.3 Å². The van der Waals surface area contributed by atoms with Gasteiger partial charge in [0.2, 0.25) is 0 Å². The van der Waals surface area contributed by atoms with E-state index in [1.54, 1.807) is 11.3 Å². The van der Waals surface area contributed by atoms with Gasteiger partial charge in [-0.3, -0.25) is 10.1 Å². The maximum atomic E-state index is 4.60. The molecule has 0 amide bonds. The second kappa shape index (κ2) is 11.7. The van der Waals surface area contributed by atoms with Crippen LogP contribution < -0.4 is 15.9 Å². The Hall–Kier alpha value is -4.23. The number of aryl methyl sites for hydroxylation is 1. The molecule has 208 valence electrons. The number of hydrogen-bond donors (Lipinski definition) is 3. The van der Waals surface area contributed by atoms with Crippen molar-refractivity contribution in [2.45, 2.75) is 52.4 Å². The summed E-state index contributed by atoms with van der Waals surface area (Å²) in [6, 6.07) is 10.6. The quantitative estimate of drug-likeness (QED) is 0.183. The van der Waals surface area contributed by atoms with Gasteiger partial charge in [-0.25, -0.2) is 4.98 Å². The second-order valence-electron chi connectivity index (χ2n) is 11.1. The minimum absolute atomic E-state index is 0.750. The van der Waals surface area contributed by atoms with E-state index in [4.69, 9.17) is 0 Å². The van der Waals surface area contributed by atoms with Gasteiger partial charge in [0.1, 0.15) is 11.3 Å². The Bertz CT molecular complexity index is 1850. The van der Waals surface area contributed by atoms with Gasteiger partial charge in [0.05, 0.1) is 22.9 Å². The smallest absolute Gasteiger partial charge is 0.138 e. The van der Waals surface area contributed by atoms with E-state index >= 15 is 0 Å². The summed E-state index contributed by atoms with van der Waals surface area (Å²) in [5.41, 5.74) is 7.90. The van der Waals surface area contributed by atoms with Crippen LogP contribution >= 0.6 is 11.3 Å². The van der Waals surface area contributed by atoms with Gasteiger partial charge in [0, 0.05) is 44.0 Å². The first-order valence-corrected chi connectivity index (χ1v) is 15.1. The zero-order chi connectivity index (χ0) is 28.3. The zero-order valence-electron chi connectivity index (χ0n) is 23.8. The first kappa shape index (κ1) is 27.0. The van der Waals surface area contributed by atoms with E-state index in [1.165, 1.54) is 47.4 Å². The average Bonchev–Trinajstić information content (AvgIpc) is 3.70. The highest BCUT2D eigenvalue weighted by Gasteiger charge is 2.15. The summed E-state index contributed by atoms with van der Waals surface area (Å²) in [6.07, 6.45) is 17.4. The van der Waals surface area contributed by atoms with Crippen LogP contribution in [0, 0.1) is 12.8 Å². The van der Waals surface area contributed by atoms with Crippen LogP contribution in [0.4, 0.5) is 5.69 Å². The third-order valence-corrected chi connectivity index (χ3v) is 9.00. The first-order chi connectivity index (χ1) is 19.9. The molecule has 7 heteroatoms. The van der Waals surface area contributed by atoms with Crippen LogP contribution in [0.1, 0.15) is 55.9 Å². The Morgan fingerprint density at radius 3 is 2.80 bits per heavy atom. The van der Waals surface area contributed by atoms with Gasteiger partial charge in [-0.15, -0.1) is 11.3 Å². The fourth-order valence-corrected chi connectivity index (χ4v) is 6.62. The highest BCUT2D eigenvalue weighted by Crippen LogP contribution is 2.34. The summed E-state index contributed by atoms with van der Waals surface area (Å²) in [4.78, 5) is 15.0. The number of thiophene rings is 1. The number of pyridine rings is 2. The molecule has 0 aliphatic heterocycles. The standard InChI is InChI=1S/C34H36N6S/c1-21(26-17-27(20-35-19-26)37-22(2)16-25-8-6-5-7-9-25)10-12-30-24(4)33(40-39-30)31-18-29-28(14-15-36-34(29)38-31)32-13-11-23(3)41-32/h10-15,17-20,25,37,39H,2,4-9,16H2,1,3H3,(H,36,38)/b21-10+,30-12+. The van der Waals surface area contributed by atoms with E-state index in [-0.39, 0.29) is 0 Å². The Balaban J connectivity index is 1.21. The van der Waals surface area contributed by atoms with Gasteiger partial charge in [-0.2, -0.15) is 5.10 Å². The predicted molar refractivity (Wildman–Crippen MR) is 173 cm³/mol. The van der Waals surface area contributed by atoms with Crippen LogP contribution in [0.3, 0.4) is 0 Å². The lowest BCUT2D eigenvalue weighted by Gasteiger charge is -2.22. The monoisotopic (exact) mass is 560 g/mol. The molecule has 0 spiro atoms. The maximum absolute atomic E-state index is 4.60. The molecule has 0 radical (unpaired) electrons. The molecule has 5 heterocycles. The van der Waals surface area contributed by atoms with Gasteiger partial charge < -0.3 is 10.3 Å². The number of aromatic amines is 2. The van der Waals surface area contributed by atoms with Crippen molar-refractivity contribution in [1.82, 2.24) is 25.1 Å². The van der Waals surface area contributed by atoms with Crippen molar-refractivity contribution in [2.24, 2.45) is 5.92 Å². The minimum Gasteiger partial charge on any atom is -0.358 e. The number of anilines is 1. The molecule has 0 unspecified atom stereocenters. The van der Waals surface area contributed by atoms with E-state index in [2.05, 4.69) is 93.9 Å². The third-order valence-electron chi connectivity index (χ3n) is 7.97. The molecular formula is C34H36N6S. The molecule has 6 rings (SSSR count). The van der Waals surface area contributed by atoms with Gasteiger partial charge in [-0.05, 0) is 73.7 Å². The Morgan fingerprint density at radius 1 is 1.15 bits per heavy atom. The van der Waals surface area contributed by atoms with E-state index in [0.717, 1.165) is 67.8 Å². The van der Waals surface area contributed by atoms with E-state index in [1.807, 2.05) is 24.7 Å². The van der Waals surface area contributed by atoms with Gasteiger partial charge in [0.25, 0.3) is 0 Å². The number of fused-ring (bicyclic) bond motifs is 1. The molecule has 3 N–H and O–H groups in total. The normalized spacial score (nSPS) is 15.1. The zero-order valence-corrected chi connectivity index (χ0v) is 24.6. The highest BCUT2D eigenvalue weighted by molar-refractivity contribution is 7.15. The number of H-pyrrole nitrogens is 2. The Kier molecular flexibility index (Phi) is 7.70. The molecule has 5 aromatic heterocycles. The van der Waals surface area contributed by atoms with Crippen molar-refractivity contribution >= 4 is 46.3 Å². The van der Waals surface area contributed by atoms with Gasteiger partial charge >= 0.3 is 0 Å². The SMILES string of the molecule is C=C(CC1CCCCC1)Nc1cncc(/C(C)=C/C=c2/[nH]nc(-c3cc4c(-c5ccc(C)s5)ccnc4[nH]3)c2=C)c1. The molecule has 1 aliphatic rings. The molecule has 0 atom stereocenters. The largest absolute Gasteiger partial charge is 0.358 e. The fourth-order valence-electron chi connectivity index (χ4n) is 5.71. The van der Waals surface area contributed by atoms with Crippen LogP contribution in [0.2, 0.25) is 0 Å². The highest BCUT2D eigenvalue weighted by atomic mass is 32.1. The summed E-state index contributed by atoms with van der Waals surface area (Å²) in [6.45, 7) is 12.8. The number of allylic oxidation sites excluding steroid dienone is 3. The third kappa shape index (κ3) is 5.95. The van der Waals surface area contributed by atoms with E-state index < -0.39 is 0 Å². The summed E-state index contributed by atoms with van der Waals surface area (Å²) >= 11 is 1.79. The molecule has 0 bridgehead atoms. The van der Waals surface area contributed by atoms with Gasteiger partial charge in [0.15, 0.2) is 0 Å². The van der Waals surface area contributed by atoms with Crippen molar-refractivity contribution in [3.63, 3.8) is 0 Å². The first-order valence-electron chi connectivity index (χ1n) is 14.3. The molecule has 0 saturated heterocycles. The number of aromatic nitrogens is 5. The lowest BCUT2D eigenvalue weighted by Crippen LogP contribution is -2.21. The number of nitrogens with zero attached hydrogens (tertiary/aromatic N) is 3. The summed E-state index contributed by atoms with van der Waals surface area (Å²) in [5, 5.41) is 14.0. The fraction of sp³-hybridized carbons (Fsp3) is 0.265. The predicted octanol–water partition coefficient (Wildman–Crippen LogP) is 7.58. The van der Waals surface area contributed by atoms with Crippen molar-refractivity contribution in [1.29, 1.82) is 0 Å². The van der Waals surface area contributed by atoms with Crippen LogP contribution in [-0.2, 0) is 0 Å².